The van der Waals surface area contributed by atoms with Gasteiger partial charge in [0.15, 0.2) is 0 Å². The van der Waals surface area contributed by atoms with E-state index in [9.17, 15) is 14.7 Å². The summed E-state index contributed by atoms with van der Waals surface area (Å²) >= 11 is 0. The average Bonchev–Trinajstić information content (AvgIpc) is 2.53. The van der Waals surface area contributed by atoms with Crippen LogP contribution < -0.4 is 5.32 Å². The van der Waals surface area contributed by atoms with Crippen molar-refractivity contribution in [2.45, 2.75) is 44.4 Å². The third kappa shape index (κ3) is 5.87. The van der Waals surface area contributed by atoms with Gasteiger partial charge in [-0.1, -0.05) is 30.3 Å². The van der Waals surface area contributed by atoms with Crippen molar-refractivity contribution in [2.75, 3.05) is 7.05 Å². The van der Waals surface area contributed by atoms with Gasteiger partial charge in [-0.2, -0.15) is 0 Å². The maximum Gasteiger partial charge on any atom is 0.246 e. The van der Waals surface area contributed by atoms with Gasteiger partial charge in [-0.15, -0.1) is 0 Å². The lowest BCUT2D eigenvalue weighted by Crippen LogP contribution is -2.39. The van der Waals surface area contributed by atoms with Gasteiger partial charge in [0.2, 0.25) is 11.8 Å². The van der Waals surface area contributed by atoms with Crippen molar-refractivity contribution >= 4 is 11.8 Å². The average molecular weight is 316 g/mol. The highest BCUT2D eigenvalue weighted by atomic mass is 16.3. The van der Waals surface area contributed by atoms with Crippen LogP contribution in [0.3, 0.4) is 0 Å². The molecule has 0 aromatic heterocycles. The Hall–Kier alpha value is -2.14. The Bertz CT molecular complexity index is 557. The summed E-state index contributed by atoms with van der Waals surface area (Å²) < 4.78 is 0. The minimum atomic E-state index is -0.336. The molecule has 23 heavy (non-hydrogen) atoms. The van der Waals surface area contributed by atoms with E-state index in [-0.39, 0.29) is 24.0 Å². The summed E-state index contributed by atoms with van der Waals surface area (Å²) in [5, 5.41) is 12.4. The second-order valence-corrected chi connectivity index (χ2v) is 6.04. The number of aliphatic hydroxyl groups is 1. The molecular weight excluding hydrogens is 292 g/mol. The van der Waals surface area contributed by atoms with Crippen LogP contribution in [0.2, 0.25) is 0 Å². The molecule has 1 aliphatic carbocycles. The topological polar surface area (TPSA) is 69.6 Å². The Labute approximate surface area is 137 Å². The molecule has 0 aliphatic heterocycles. The predicted molar refractivity (Wildman–Crippen MR) is 88.5 cm³/mol. The normalized spacial score (nSPS) is 21.1. The Balaban J connectivity index is 1.79. The number of likely N-dealkylation sites (N-methyl/N-ethyl adjacent to an activating group) is 1. The highest BCUT2D eigenvalue weighted by Gasteiger charge is 2.20. The van der Waals surface area contributed by atoms with Crippen molar-refractivity contribution in [3.05, 3.63) is 48.0 Å². The zero-order chi connectivity index (χ0) is 16.7. The van der Waals surface area contributed by atoms with Gasteiger partial charge in [-0.25, -0.2) is 0 Å². The van der Waals surface area contributed by atoms with Crippen LogP contribution in [0.4, 0.5) is 0 Å². The van der Waals surface area contributed by atoms with E-state index in [1.165, 1.54) is 12.2 Å². The lowest BCUT2D eigenvalue weighted by Gasteiger charge is -2.26. The first-order chi connectivity index (χ1) is 11.0. The lowest BCUT2D eigenvalue weighted by atomic mass is 9.93. The number of carbonyl (C=O) groups is 2. The van der Waals surface area contributed by atoms with Gasteiger partial charge in [-0.05, 0) is 31.2 Å². The molecule has 2 rings (SSSR count). The Morgan fingerprint density at radius 1 is 1.26 bits per heavy atom. The molecule has 2 atom stereocenters. The zero-order valence-electron chi connectivity index (χ0n) is 13.4. The van der Waals surface area contributed by atoms with Crippen LogP contribution in [0.1, 0.15) is 31.2 Å². The highest BCUT2D eigenvalue weighted by molar-refractivity contribution is 5.96. The van der Waals surface area contributed by atoms with Gasteiger partial charge in [0, 0.05) is 31.8 Å². The maximum absolute atomic E-state index is 12.0. The van der Waals surface area contributed by atoms with E-state index in [1.807, 2.05) is 30.3 Å². The predicted octanol–water partition coefficient (Wildman–Crippen LogP) is 1.62. The van der Waals surface area contributed by atoms with Gasteiger partial charge in [0.05, 0.1) is 6.10 Å². The van der Waals surface area contributed by atoms with Crippen molar-refractivity contribution in [3.63, 3.8) is 0 Å². The van der Waals surface area contributed by atoms with E-state index in [1.54, 1.807) is 11.9 Å². The first-order valence-corrected chi connectivity index (χ1v) is 8.00. The first kappa shape index (κ1) is 17.2. The molecule has 124 valence electrons. The van der Waals surface area contributed by atoms with Crippen molar-refractivity contribution in [3.8, 4) is 0 Å². The molecule has 2 amide bonds. The van der Waals surface area contributed by atoms with E-state index in [0.29, 0.717) is 13.0 Å². The molecule has 0 bridgehead atoms. The second kappa shape index (κ2) is 8.48. The smallest absolute Gasteiger partial charge is 0.246 e. The molecule has 0 spiro atoms. The molecular formula is C18H24N2O3. The fourth-order valence-electron chi connectivity index (χ4n) is 2.75. The standard InChI is InChI=1S/C18H24N2O3/c1-20(13-14-6-3-2-4-7-14)18(23)11-10-17(22)19-15-8-5-9-16(21)12-15/h2-4,6-7,10-11,15-16,21H,5,8-9,12-13H2,1H3,(H,19,22)/b11-10+. The number of amides is 2. The summed E-state index contributed by atoms with van der Waals surface area (Å²) in [6, 6.07) is 9.68. The molecule has 0 heterocycles. The number of nitrogens with zero attached hydrogens (tertiary/aromatic N) is 1. The third-order valence-electron chi connectivity index (χ3n) is 4.01. The largest absolute Gasteiger partial charge is 0.393 e. The Kier molecular flexibility index (Phi) is 6.35. The number of nitrogens with one attached hydrogen (secondary N) is 1. The molecule has 2 unspecified atom stereocenters. The van der Waals surface area contributed by atoms with E-state index in [4.69, 9.17) is 0 Å². The molecule has 1 saturated carbocycles. The number of hydrogen-bond acceptors (Lipinski definition) is 3. The van der Waals surface area contributed by atoms with Crippen molar-refractivity contribution in [2.24, 2.45) is 0 Å². The van der Waals surface area contributed by atoms with Crippen LogP contribution >= 0.6 is 0 Å². The SMILES string of the molecule is CN(Cc1ccccc1)C(=O)/C=C/C(=O)NC1CCCC(O)C1. The van der Waals surface area contributed by atoms with Crippen molar-refractivity contribution in [1.29, 1.82) is 0 Å². The molecule has 2 N–H and O–H groups in total. The molecule has 1 aliphatic rings. The van der Waals surface area contributed by atoms with Crippen LogP contribution in [0, 0.1) is 0 Å². The highest BCUT2D eigenvalue weighted by Crippen LogP contribution is 2.18. The van der Waals surface area contributed by atoms with Crippen LogP contribution in [-0.2, 0) is 16.1 Å². The van der Waals surface area contributed by atoms with E-state index in [0.717, 1.165) is 24.8 Å². The van der Waals surface area contributed by atoms with Gasteiger partial charge in [-0.3, -0.25) is 9.59 Å². The molecule has 5 nitrogen and oxygen atoms in total. The summed E-state index contributed by atoms with van der Waals surface area (Å²) in [4.78, 5) is 25.4. The summed E-state index contributed by atoms with van der Waals surface area (Å²) in [6.45, 7) is 0.500. The summed E-state index contributed by atoms with van der Waals surface area (Å²) in [7, 11) is 1.70. The Morgan fingerprint density at radius 3 is 2.70 bits per heavy atom. The van der Waals surface area contributed by atoms with E-state index < -0.39 is 0 Å². The van der Waals surface area contributed by atoms with Gasteiger partial charge in [0.25, 0.3) is 0 Å². The number of carbonyl (C=O) groups excluding carboxylic acids is 2. The van der Waals surface area contributed by atoms with Gasteiger partial charge < -0.3 is 15.3 Å². The monoisotopic (exact) mass is 316 g/mol. The third-order valence-corrected chi connectivity index (χ3v) is 4.01. The minimum absolute atomic E-state index is 0.00643. The molecule has 1 aromatic carbocycles. The Morgan fingerprint density at radius 2 is 2.00 bits per heavy atom. The number of rotatable bonds is 5. The maximum atomic E-state index is 12.0. The van der Waals surface area contributed by atoms with Crippen LogP contribution in [0.5, 0.6) is 0 Å². The zero-order valence-corrected chi connectivity index (χ0v) is 13.4. The van der Waals surface area contributed by atoms with Crippen LogP contribution in [0.15, 0.2) is 42.5 Å². The van der Waals surface area contributed by atoms with E-state index >= 15 is 0 Å². The summed E-state index contributed by atoms with van der Waals surface area (Å²) in [5.74, 6) is -0.502. The van der Waals surface area contributed by atoms with E-state index in [2.05, 4.69) is 5.32 Å². The molecule has 0 saturated heterocycles. The first-order valence-electron chi connectivity index (χ1n) is 8.00. The molecule has 1 fully saturated rings. The van der Waals surface area contributed by atoms with Gasteiger partial charge in [0.1, 0.15) is 0 Å². The van der Waals surface area contributed by atoms with Crippen molar-refractivity contribution in [1.82, 2.24) is 10.2 Å². The van der Waals surface area contributed by atoms with Crippen molar-refractivity contribution < 1.29 is 14.7 Å². The number of hydrogen-bond donors (Lipinski definition) is 2. The lowest BCUT2D eigenvalue weighted by molar-refractivity contribution is -0.125. The number of benzene rings is 1. The molecule has 0 radical (unpaired) electrons. The summed E-state index contributed by atoms with van der Waals surface area (Å²) in [6.07, 6.45) is 5.39. The fourth-order valence-corrected chi connectivity index (χ4v) is 2.75. The fraction of sp³-hybridized carbons (Fsp3) is 0.444. The van der Waals surface area contributed by atoms with Crippen LogP contribution in [-0.4, -0.2) is 41.0 Å². The second-order valence-electron chi connectivity index (χ2n) is 6.04. The van der Waals surface area contributed by atoms with Gasteiger partial charge >= 0.3 is 0 Å². The molecule has 5 heteroatoms. The quantitative estimate of drug-likeness (QED) is 0.811. The number of aliphatic hydroxyl groups excluding tert-OH is 1. The summed E-state index contributed by atoms with van der Waals surface area (Å²) in [5.41, 5.74) is 1.04. The van der Waals surface area contributed by atoms with Crippen LogP contribution in [0.25, 0.3) is 0 Å². The molecule has 1 aromatic rings. The minimum Gasteiger partial charge on any atom is -0.393 e.